The van der Waals surface area contributed by atoms with Crippen LogP contribution in [-0.2, 0) is 10.3 Å². The summed E-state index contributed by atoms with van der Waals surface area (Å²) in [5.41, 5.74) is 4.96. The fourth-order valence-corrected chi connectivity index (χ4v) is 3.31. The van der Waals surface area contributed by atoms with Gasteiger partial charge in [0.05, 0.1) is 20.8 Å². The van der Waals surface area contributed by atoms with Gasteiger partial charge in [0.2, 0.25) is 0 Å². The zero-order valence-corrected chi connectivity index (χ0v) is 10.5. The second-order valence-corrected chi connectivity index (χ2v) is 6.05. The summed E-state index contributed by atoms with van der Waals surface area (Å²) in [5, 5.41) is 9.19. The maximum atomic E-state index is 10.6. The first-order valence-corrected chi connectivity index (χ1v) is 5.77. The van der Waals surface area contributed by atoms with Crippen molar-refractivity contribution in [2.75, 3.05) is 0 Å². The first-order valence-electron chi connectivity index (χ1n) is 3.79. The van der Waals surface area contributed by atoms with Gasteiger partial charge in [0.25, 0.3) is 0 Å². The molecule has 1 atom stereocenters. The molecule has 1 aromatic heterocycles. The molecular weight excluding hydrogens is 290 g/mol. The summed E-state index contributed by atoms with van der Waals surface area (Å²) >= 11 is 10.6. The standard InChI is InChI=1S/C8H9BrClNO2S/c1-8(11,3-6(12)13)7-4(10)2-5(9)14-7/h2H,3,11H2,1H3,(H,12,13). The summed E-state index contributed by atoms with van der Waals surface area (Å²) in [6.07, 6.45) is -0.139. The summed E-state index contributed by atoms with van der Waals surface area (Å²) in [5.74, 6) is -0.935. The fraction of sp³-hybridized carbons (Fsp3) is 0.375. The molecule has 0 aliphatic rings. The van der Waals surface area contributed by atoms with Gasteiger partial charge in [-0.15, -0.1) is 11.3 Å². The van der Waals surface area contributed by atoms with Crippen LogP contribution in [0.25, 0.3) is 0 Å². The fourth-order valence-electron chi connectivity index (χ4n) is 1.12. The van der Waals surface area contributed by atoms with Gasteiger partial charge in [-0.1, -0.05) is 11.6 Å². The van der Waals surface area contributed by atoms with Crippen LogP contribution in [0.3, 0.4) is 0 Å². The Hall–Kier alpha value is -0.100. The highest BCUT2D eigenvalue weighted by atomic mass is 79.9. The average molecular weight is 299 g/mol. The molecule has 0 fully saturated rings. The lowest BCUT2D eigenvalue weighted by atomic mass is 9.97. The van der Waals surface area contributed by atoms with Gasteiger partial charge in [0.15, 0.2) is 0 Å². The van der Waals surface area contributed by atoms with E-state index in [1.54, 1.807) is 13.0 Å². The highest BCUT2D eigenvalue weighted by Gasteiger charge is 2.29. The summed E-state index contributed by atoms with van der Waals surface area (Å²) < 4.78 is 0.847. The number of thiophene rings is 1. The zero-order chi connectivity index (χ0) is 10.9. The van der Waals surface area contributed by atoms with Gasteiger partial charge in [-0.25, -0.2) is 0 Å². The molecule has 3 nitrogen and oxygen atoms in total. The molecule has 1 unspecified atom stereocenters. The van der Waals surface area contributed by atoms with Gasteiger partial charge >= 0.3 is 5.97 Å². The predicted octanol–water partition coefficient (Wildman–Crippen LogP) is 2.81. The van der Waals surface area contributed by atoms with E-state index in [4.69, 9.17) is 22.4 Å². The van der Waals surface area contributed by atoms with Crippen molar-refractivity contribution >= 4 is 44.8 Å². The van der Waals surface area contributed by atoms with Gasteiger partial charge < -0.3 is 10.8 Å². The van der Waals surface area contributed by atoms with Crippen molar-refractivity contribution in [1.29, 1.82) is 0 Å². The topological polar surface area (TPSA) is 63.3 Å². The van der Waals surface area contributed by atoms with Crippen LogP contribution in [0.1, 0.15) is 18.2 Å². The molecule has 14 heavy (non-hydrogen) atoms. The lowest BCUT2D eigenvalue weighted by Gasteiger charge is -2.21. The van der Waals surface area contributed by atoms with E-state index in [0.29, 0.717) is 9.90 Å². The molecule has 1 aromatic rings. The van der Waals surface area contributed by atoms with Gasteiger partial charge in [-0.05, 0) is 28.9 Å². The molecule has 1 rings (SSSR count). The second kappa shape index (κ2) is 4.18. The van der Waals surface area contributed by atoms with E-state index in [2.05, 4.69) is 15.9 Å². The minimum Gasteiger partial charge on any atom is -0.481 e. The van der Waals surface area contributed by atoms with E-state index in [9.17, 15) is 4.79 Å². The number of halogens is 2. The van der Waals surface area contributed by atoms with E-state index < -0.39 is 11.5 Å². The number of carbonyl (C=O) groups is 1. The molecule has 3 N–H and O–H groups in total. The molecule has 0 aromatic carbocycles. The van der Waals surface area contributed by atoms with Crippen LogP contribution in [0, 0.1) is 0 Å². The van der Waals surface area contributed by atoms with Crippen molar-refractivity contribution in [3.8, 4) is 0 Å². The number of carboxylic acid groups (broad SMARTS) is 1. The average Bonchev–Trinajstić information content (AvgIpc) is 2.27. The number of hydrogen-bond donors (Lipinski definition) is 2. The highest BCUT2D eigenvalue weighted by molar-refractivity contribution is 9.11. The SMILES string of the molecule is CC(N)(CC(=O)O)c1sc(Br)cc1Cl. The first kappa shape index (κ1) is 12.0. The largest absolute Gasteiger partial charge is 0.481 e. The number of nitrogens with two attached hydrogens (primary N) is 1. The minimum absolute atomic E-state index is 0.139. The van der Waals surface area contributed by atoms with E-state index in [1.165, 1.54) is 11.3 Å². The molecule has 1 heterocycles. The molecule has 0 saturated heterocycles. The highest BCUT2D eigenvalue weighted by Crippen LogP contribution is 2.38. The normalized spacial score (nSPS) is 15.1. The third kappa shape index (κ3) is 2.70. The van der Waals surface area contributed by atoms with Crippen LogP contribution in [0.2, 0.25) is 5.02 Å². The second-order valence-electron chi connectivity index (χ2n) is 3.22. The number of hydrogen-bond acceptors (Lipinski definition) is 3. The lowest BCUT2D eigenvalue weighted by Crippen LogP contribution is -2.34. The Labute approximate surface area is 99.0 Å². The Morgan fingerprint density at radius 2 is 2.43 bits per heavy atom. The molecule has 0 radical (unpaired) electrons. The van der Waals surface area contributed by atoms with Crippen molar-refractivity contribution in [1.82, 2.24) is 0 Å². The Morgan fingerprint density at radius 3 is 2.79 bits per heavy atom. The van der Waals surface area contributed by atoms with Crippen LogP contribution in [-0.4, -0.2) is 11.1 Å². The van der Waals surface area contributed by atoms with Crippen molar-refractivity contribution < 1.29 is 9.90 Å². The van der Waals surface area contributed by atoms with Crippen LogP contribution in [0.4, 0.5) is 0 Å². The van der Waals surface area contributed by atoms with E-state index >= 15 is 0 Å². The molecule has 0 bridgehead atoms. The van der Waals surface area contributed by atoms with Crippen LogP contribution in [0.15, 0.2) is 9.85 Å². The molecule has 6 heteroatoms. The molecule has 0 spiro atoms. The van der Waals surface area contributed by atoms with Gasteiger partial charge in [0.1, 0.15) is 0 Å². The number of aliphatic carboxylic acids is 1. The van der Waals surface area contributed by atoms with Crippen LogP contribution in [0.5, 0.6) is 0 Å². The molecule has 0 aliphatic carbocycles. The number of carboxylic acids is 1. The van der Waals surface area contributed by atoms with Gasteiger partial charge in [-0.2, -0.15) is 0 Å². The Balaban J connectivity index is 3.02. The quantitative estimate of drug-likeness (QED) is 0.902. The number of rotatable bonds is 3. The molecule has 0 saturated carbocycles. The zero-order valence-electron chi connectivity index (χ0n) is 7.38. The third-order valence-corrected chi connectivity index (χ3v) is 4.02. The van der Waals surface area contributed by atoms with Crippen molar-refractivity contribution in [3.63, 3.8) is 0 Å². The maximum absolute atomic E-state index is 10.6. The Kier molecular flexibility index (Phi) is 3.58. The van der Waals surface area contributed by atoms with Crippen LogP contribution < -0.4 is 5.73 Å². The van der Waals surface area contributed by atoms with Crippen molar-refractivity contribution in [2.45, 2.75) is 18.9 Å². The third-order valence-electron chi connectivity index (χ3n) is 1.69. The van der Waals surface area contributed by atoms with Crippen molar-refractivity contribution in [3.05, 3.63) is 19.8 Å². The van der Waals surface area contributed by atoms with E-state index in [-0.39, 0.29) is 6.42 Å². The molecule has 78 valence electrons. The van der Waals surface area contributed by atoms with Crippen LogP contribution >= 0.6 is 38.9 Å². The van der Waals surface area contributed by atoms with E-state index in [1.807, 2.05) is 0 Å². The predicted molar refractivity (Wildman–Crippen MR) is 60.8 cm³/mol. The summed E-state index contributed by atoms with van der Waals surface area (Å²) in [4.78, 5) is 11.3. The smallest absolute Gasteiger partial charge is 0.305 e. The minimum atomic E-state index is -0.935. The lowest BCUT2D eigenvalue weighted by molar-refractivity contribution is -0.138. The molecule has 0 amide bonds. The van der Waals surface area contributed by atoms with Gasteiger partial charge in [-0.3, -0.25) is 4.79 Å². The maximum Gasteiger partial charge on any atom is 0.305 e. The molecule has 0 aliphatic heterocycles. The monoisotopic (exact) mass is 297 g/mol. The Bertz CT molecular complexity index is 364. The summed E-state index contributed by atoms with van der Waals surface area (Å²) in [7, 11) is 0. The molecular formula is C8H9BrClNO2S. The van der Waals surface area contributed by atoms with Gasteiger partial charge in [0, 0.05) is 4.88 Å². The van der Waals surface area contributed by atoms with E-state index in [0.717, 1.165) is 3.79 Å². The van der Waals surface area contributed by atoms with Crippen molar-refractivity contribution in [2.24, 2.45) is 5.73 Å². The summed E-state index contributed by atoms with van der Waals surface area (Å²) in [6, 6.07) is 1.72. The first-order chi connectivity index (χ1) is 6.33. The summed E-state index contributed by atoms with van der Waals surface area (Å²) in [6.45, 7) is 1.66. The Morgan fingerprint density at radius 1 is 1.86 bits per heavy atom.